The number of hydrogen-bond acceptors (Lipinski definition) is 2. The fourth-order valence-electron chi connectivity index (χ4n) is 1.62. The van der Waals surface area contributed by atoms with Gasteiger partial charge in [-0.3, -0.25) is 0 Å². The van der Waals surface area contributed by atoms with Gasteiger partial charge in [-0.25, -0.2) is 0 Å². The summed E-state index contributed by atoms with van der Waals surface area (Å²) in [6.07, 6.45) is 3.36. The Morgan fingerprint density at radius 3 is 2.25 bits per heavy atom. The minimum Gasteiger partial charge on any atom is -0.145 e. The quantitative estimate of drug-likeness (QED) is 0.719. The van der Waals surface area contributed by atoms with E-state index in [4.69, 9.17) is 0 Å². The van der Waals surface area contributed by atoms with Crippen LogP contribution in [0.1, 0.15) is 33.4 Å². The molecule has 0 bridgehead atoms. The Bertz CT molecular complexity index is 468. The van der Waals surface area contributed by atoms with Gasteiger partial charge in [-0.1, -0.05) is 13.8 Å². The molecule has 0 N–H and O–H groups in total. The molecule has 2 rings (SSSR count). The second kappa shape index (κ2) is 5.48. The molecule has 0 nitrogen and oxygen atoms in total. The lowest BCUT2D eigenvalue weighted by atomic mass is 10.3. The highest BCUT2D eigenvalue weighted by molar-refractivity contribution is 9.10. The van der Waals surface area contributed by atoms with Gasteiger partial charge in [0.05, 0.1) is 0 Å². The van der Waals surface area contributed by atoms with Crippen LogP contribution in [0.25, 0.3) is 0 Å². The zero-order valence-corrected chi connectivity index (χ0v) is 12.8. The van der Waals surface area contributed by atoms with Gasteiger partial charge in [-0.05, 0) is 47.0 Å². The number of thiophene rings is 2. The van der Waals surface area contributed by atoms with Crippen LogP contribution in [0.5, 0.6) is 0 Å². The molecule has 0 saturated heterocycles. The molecule has 0 unspecified atom stereocenters. The van der Waals surface area contributed by atoms with Crippen molar-refractivity contribution in [2.24, 2.45) is 0 Å². The third kappa shape index (κ3) is 2.76. The average Bonchev–Trinajstić information content (AvgIpc) is 2.87. The lowest BCUT2D eigenvalue weighted by Crippen LogP contribution is -1.78. The van der Waals surface area contributed by atoms with Gasteiger partial charge in [0.15, 0.2) is 0 Å². The Kier molecular flexibility index (Phi) is 4.22. The number of halogens is 1. The van der Waals surface area contributed by atoms with Crippen LogP contribution in [-0.4, -0.2) is 0 Å². The molecule has 0 spiro atoms. The van der Waals surface area contributed by atoms with E-state index >= 15 is 0 Å². The molecule has 0 aliphatic heterocycles. The number of hydrogen-bond donors (Lipinski definition) is 0. The van der Waals surface area contributed by atoms with Crippen LogP contribution >= 0.6 is 38.6 Å². The molecule has 0 aliphatic carbocycles. The Morgan fingerprint density at radius 2 is 1.69 bits per heavy atom. The van der Waals surface area contributed by atoms with Crippen LogP contribution < -0.4 is 0 Å². The van der Waals surface area contributed by atoms with E-state index < -0.39 is 0 Å². The van der Waals surface area contributed by atoms with Crippen LogP contribution in [0.2, 0.25) is 0 Å². The Labute approximate surface area is 113 Å². The van der Waals surface area contributed by atoms with Crippen LogP contribution in [0, 0.1) is 0 Å². The maximum atomic E-state index is 3.65. The van der Waals surface area contributed by atoms with Gasteiger partial charge in [0.25, 0.3) is 0 Å². The first-order valence-corrected chi connectivity index (χ1v) is 8.00. The van der Waals surface area contributed by atoms with E-state index in [2.05, 4.69) is 48.0 Å². The molecule has 0 aromatic carbocycles. The van der Waals surface area contributed by atoms with Crippen molar-refractivity contribution >= 4 is 38.6 Å². The van der Waals surface area contributed by atoms with Crippen molar-refractivity contribution in [2.45, 2.75) is 33.1 Å². The first kappa shape index (κ1) is 12.3. The smallest absolute Gasteiger partial charge is 0.0320 e. The average molecular weight is 315 g/mol. The summed E-state index contributed by atoms with van der Waals surface area (Å²) in [5.74, 6) is 0. The molecular formula is C13H15BrS2. The highest BCUT2D eigenvalue weighted by Gasteiger charge is 2.08. The molecule has 86 valence electrons. The molecule has 0 saturated carbocycles. The molecule has 2 heterocycles. The van der Waals surface area contributed by atoms with Crippen LogP contribution in [-0.2, 0) is 19.3 Å². The maximum Gasteiger partial charge on any atom is 0.0320 e. The van der Waals surface area contributed by atoms with E-state index in [9.17, 15) is 0 Å². The van der Waals surface area contributed by atoms with Gasteiger partial charge in [-0.2, -0.15) is 0 Å². The van der Waals surface area contributed by atoms with Gasteiger partial charge in [0.1, 0.15) is 0 Å². The minimum absolute atomic E-state index is 1.08. The summed E-state index contributed by atoms with van der Waals surface area (Å²) in [5, 5.41) is 0. The Balaban J connectivity index is 2.16. The largest absolute Gasteiger partial charge is 0.145 e. The molecule has 2 aromatic heterocycles. The van der Waals surface area contributed by atoms with E-state index in [1.54, 1.807) is 0 Å². The number of aryl methyl sites for hydroxylation is 2. The standard InChI is InChI=1S/C13H15BrS2/c1-3-9-5-6-11(15-9)8-13-12(14)7-10(4-2)16-13/h5-7H,3-4,8H2,1-2H3. The summed E-state index contributed by atoms with van der Waals surface area (Å²) < 4.78 is 1.28. The Hall–Kier alpha value is -0.120. The van der Waals surface area contributed by atoms with Gasteiger partial charge >= 0.3 is 0 Å². The number of rotatable bonds is 4. The van der Waals surface area contributed by atoms with E-state index in [0.29, 0.717) is 0 Å². The van der Waals surface area contributed by atoms with Crippen molar-refractivity contribution < 1.29 is 0 Å². The summed E-state index contributed by atoms with van der Waals surface area (Å²) in [4.78, 5) is 5.89. The molecule has 0 amide bonds. The van der Waals surface area contributed by atoms with Gasteiger partial charge in [-0.15, -0.1) is 22.7 Å². The van der Waals surface area contributed by atoms with Crippen molar-refractivity contribution in [1.29, 1.82) is 0 Å². The van der Waals surface area contributed by atoms with Gasteiger partial charge in [0.2, 0.25) is 0 Å². The predicted octanol–water partition coefficient (Wildman–Crippen LogP) is 5.29. The van der Waals surface area contributed by atoms with E-state index in [-0.39, 0.29) is 0 Å². The summed E-state index contributed by atoms with van der Waals surface area (Å²) in [5.41, 5.74) is 0. The third-order valence-corrected chi connectivity index (χ3v) is 6.04. The molecule has 16 heavy (non-hydrogen) atoms. The second-order valence-corrected chi connectivity index (χ2v) is 7.06. The Morgan fingerprint density at radius 1 is 1.00 bits per heavy atom. The molecular weight excluding hydrogens is 300 g/mol. The summed E-state index contributed by atoms with van der Waals surface area (Å²) in [6.45, 7) is 4.42. The van der Waals surface area contributed by atoms with Crippen molar-refractivity contribution in [3.8, 4) is 0 Å². The van der Waals surface area contributed by atoms with Crippen molar-refractivity contribution in [3.05, 3.63) is 42.2 Å². The predicted molar refractivity (Wildman–Crippen MR) is 77.9 cm³/mol. The summed E-state index contributed by atoms with van der Waals surface area (Å²) >= 11 is 7.52. The monoisotopic (exact) mass is 314 g/mol. The fraction of sp³-hybridized carbons (Fsp3) is 0.385. The third-order valence-electron chi connectivity index (χ3n) is 2.56. The molecule has 0 fully saturated rings. The van der Waals surface area contributed by atoms with Crippen molar-refractivity contribution in [2.75, 3.05) is 0 Å². The van der Waals surface area contributed by atoms with E-state index in [0.717, 1.165) is 19.3 Å². The fourth-order valence-corrected chi connectivity index (χ4v) is 4.51. The zero-order valence-electron chi connectivity index (χ0n) is 9.55. The molecule has 0 radical (unpaired) electrons. The lowest BCUT2D eigenvalue weighted by Gasteiger charge is -1.95. The van der Waals surface area contributed by atoms with Gasteiger partial charge in [0, 0.05) is 30.4 Å². The molecule has 3 heteroatoms. The SMILES string of the molecule is CCc1ccc(Cc2sc(CC)cc2Br)s1. The highest BCUT2D eigenvalue weighted by atomic mass is 79.9. The van der Waals surface area contributed by atoms with Crippen LogP contribution in [0.4, 0.5) is 0 Å². The molecule has 0 aliphatic rings. The second-order valence-electron chi connectivity index (χ2n) is 3.74. The highest BCUT2D eigenvalue weighted by Crippen LogP contribution is 2.31. The topological polar surface area (TPSA) is 0 Å². The summed E-state index contributed by atoms with van der Waals surface area (Å²) in [7, 11) is 0. The van der Waals surface area contributed by atoms with Gasteiger partial charge < -0.3 is 0 Å². The first-order valence-electron chi connectivity index (χ1n) is 5.57. The van der Waals surface area contributed by atoms with Crippen molar-refractivity contribution in [3.63, 3.8) is 0 Å². The van der Waals surface area contributed by atoms with E-state index in [1.165, 1.54) is 24.0 Å². The van der Waals surface area contributed by atoms with Crippen LogP contribution in [0.15, 0.2) is 22.7 Å². The molecule has 2 aromatic rings. The lowest BCUT2D eigenvalue weighted by molar-refractivity contribution is 1.18. The first-order chi connectivity index (χ1) is 7.72. The van der Waals surface area contributed by atoms with Crippen LogP contribution in [0.3, 0.4) is 0 Å². The maximum absolute atomic E-state index is 3.65. The molecule has 0 atom stereocenters. The van der Waals surface area contributed by atoms with Crippen molar-refractivity contribution in [1.82, 2.24) is 0 Å². The normalized spacial score (nSPS) is 10.9. The van der Waals surface area contributed by atoms with E-state index in [1.807, 2.05) is 22.7 Å². The summed E-state index contributed by atoms with van der Waals surface area (Å²) in [6, 6.07) is 6.78. The zero-order chi connectivity index (χ0) is 11.5. The minimum atomic E-state index is 1.08.